The Kier molecular flexibility index (Phi) is 7.65. The number of hydrogen-bond donors (Lipinski definition) is 3. The highest BCUT2D eigenvalue weighted by Gasteiger charge is 2.21. The molecule has 0 radical (unpaired) electrons. The van der Waals surface area contributed by atoms with E-state index in [2.05, 4.69) is 16.0 Å². The third-order valence-electron chi connectivity index (χ3n) is 4.59. The summed E-state index contributed by atoms with van der Waals surface area (Å²) < 4.78 is 4.81. The Balaban J connectivity index is 1.77. The third-order valence-corrected chi connectivity index (χ3v) is 5.00. The fraction of sp³-hybridized carbons (Fsp3) is 0.167. The molecule has 0 aliphatic carbocycles. The molecule has 0 fully saturated rings. The predicted molar refractivity (Wildman–Crippen MR) is 125 cm³/mol. The molecular weight excluding hydrogens is 414 g/mol. The van der Waals surface area contributed by atoms with Crippen LogP contribution in [-0.4, -0.2) is 25.5 Å². The molecule has 0 spiro atoms. The zero-order valence-electron chi connectivity index (χ0n) is 17.3. The van der Waals surface area contributed by atoms with E-state index in [1.54, 1.807) is 30.3 Å². The van der Waals surface area contributed by atoms with Crippen LogP contribution in [0.2, 0.25) is 5.02 Å². The van der Waals surface area contributed by atoms with Crippen LogP contribution in [0.5, 0.6) is 0 Å². The number of ether oxygens (including phenoxy) is 1. The van der Waals surface area contributed by atoms with E-state index >= 15 is 0 Å². The number of carbonyl (C=O) groups excluding carboxylic acids is 2. The van der Waals surface area contributed by atoms with Crippen LogP contribution in [0, 0.1) is 6.92 Å². The highest BCUT2D eigenvalue weighted by Crippen LogP contribution is 2.25. The van der Waals surface area contributed by atoms with Crippen LogP contribution in [0.3, 0.4) is 0 Å². The lowest BCUT2D eigenvalue weighted by Gasteiger charge is -2.20. The maximum atomic E-state index is 13.1. The van der Waals surface area contributed by atoms with Gasteiger partial charge >= 0.3 is 0 Å². The van der Waals surface area contributed by atoms with E-state index in [0.29, 0.717) is 16.4 Å². The Morgan fingerprint density at radius 1 is 0.903 bits per heavy atom. The average Bonchev–Trinajstić information content (AvgIpc) is 2.76. The van der Waals surface area contributed by atoms with Gasteiger partial charge in [-0.05, 0) is 54.4 Å². The van der Waals surface area contributed by atoms with Gasteiger partial charge in [0.05, 0.1) is 0 Å². The molecule has 1 atom stereocenters. The minimum absolute atomic E-state index is 0.0146. The number of hydrogen-bond acceptors (Lipinski definition) is 4. The fourth-order valence-electron chi connectivity index (χ4n) is 2.98. The second kappa shape index (κ2) is 10.6. The molecule has 0 saturated heterocycles. The second-order valence-corrected chi connectivity index (χ2v) is 7.41. The summed E-state index contributed by atoms with van der Waals surface area (Å²) in [5.74, 6) is -0.454. The van der Waals surface area contributed by atoms with Crippen molar-refractivity contribution in [1.82, 2.24) is 0 Å². The molecule has 160 valence electrons. The molecule has 3 N–H and O–H groups in total. The van der Waals surface area contributed by atoms with Crippen LogP contribution < -0.4 is 16.0 Å². The molecule has 0 bridgehead atoms. The first-order valence-electron chi connectivity index (χ1n) is 9.73. The molecule has 1 unspecified atom stereocenters. The van der Waals surface area contributed by atoms with E-state index < -0.39 is 6.04 Å². The van der Waals surface area contributed by atoms with Crippen molar-refractivity contribution in [3.63, 3.8) is 0 Å². The molecule has 0 aliphatic heterocycles. The summed E-state index contributed by atoms with van der Waals surface area (Å²) >= 11 is 6.19. The topological polar surface area (TPSA) is 79.5 Å². The standard InChI is InChI=1S/C24H24ClN3O3/c1-16-8-9-20(14-21(16)25)28-24(30)23(17-6-4-3-5-7-17)27-19-12-10-18(11-13-19)26-22(29)15-31-2/h3-14,23,27H,15H2,1-2H3,(H,26,29)(H,28,30). The summed E-state index contributed by atoms with van der Waals surface area (Å²) in [7, 11) is 1.46. The summed E-state index contributed by atoms with van der Waals surface area (Å²) in [6.45, 7) is 1.89. The van der Waals surface area contributed by atoms with Gasteiger partial charge in [-0.1, -0.05) is 48.0 Å². The normalized spacial score (nSPS) is 11.5. The van der Waals surface area contributed by atoms with Crippen LogP contribution in [0.25, 0.3) is 0 Å². The molecule has 31 heavy (non-hydrogen) atoms. The lowest BCUT2D eigenvalue weighted by molar-refractivity contribution is -0.119. The van der Waals surface area contributed by atoms with Gasteiger partial charge in [0.1, 0.15) is 12.6 Å². The van der Waals surface area contributed by atoms with Gasteiger partial charge in [-0.15, -0.1) is 0 Å². The van der Waals surface area contributed by atoms with E-state index in [1.165, 1.54) is 7.11 Å². The van der Waals surface area contributed by atoms with Crippen molar-refractivity contribution in [2.75, 3.05) is 29.7 Å². The second-order valence-electron chi connectivity index (χ2n) is 7.00. The Morgan fingerprint density at radius 2 is 1.55 bits per heavy atom. The maximum absolute atomic E-state index is 13.1. The largest absolute Gasteiger partial charge is 0.375 e. The van der Waals surface area contributed by atoms with E-state index in [4.69, 9.17) is 16.3 Å². The van der Waals surface area contributed by atoms with Crippen LogP contribution >= 0.6 is 11.6 Å². The number of methoxy groups -OCH3 is 1. The molecule has 3 rings (SSSR count). The molecule has 6 nitrogen and oxygen atoms in total. The van der Waals surface area contributed by atoms with Gasteiger partial charge in [-0.3, -0.25) is 9.59 Å². The Bertz CT molecular complexity index is 1040. The number of benzene rings is 3. The molecule has 3 aromatic carbocycles. The minimum atomic E-state index is -0.629. The third kappa shape index (κ3) is 6.31. The van der Waals surface area contributed by atoms with Crippen molar-refractivity contribution in [2.24, 2.45) is 0 Å². The van der Waals surface area contributed by atoms with Gasteiger partial charge in [0, 0.05) is 29.2 Å². The van der Waals surface area contributed by atoms with Crippen molar-refractivity contribution in [2.45, 2.75) is 13.0 Å². The molecule has 2 amide bonds. The van der Waals surface area contributed by atoms with Crippen LogP contribution in [0.1, 0.15) is 17.2 Å². The quantitative estimate of drug-likeness (QED) is 0.462. The highest BCUT2D eigenvalue weighted by atomic mass is 35.5. The predicted octanol–water partition coefficient (Wildman–Crippen LogP) is 5.03. The number of nitrogens with one attached hydrogen (secondary N) is 3. The Morgan fingerprint density at radius 3 is 2.19 bits per heavy atom. The summed E-state index contributed by atoms with van der Waals surface area (Å²) in [6, 6.07) is 21.3. The smallest absolute Gasteiger partial charge is 0.251 e. The first-order valence-corrected chi connectivity index (χ1v) is 10.1. The van der Waals surface area contributed by atoms with Gasteiger partial charge in [0.25, 0.3) is 5.91 Å². The van der Waals surface area contributed by atoms with Gasteiger partial charge < -0.3 is 20.7 Å². The van der Waals surface area contributed by atoms with Crippen molar-refractivity contribution in [3.05, 3.63) is 88.9 Å². The number of anilines is 3. The monoisotopic (exact) mass is 437 g/mol. The van der Waals surface area contributed by atoms with Crippen LogP contribution in [0.15, 0.2) is 72.8 Å². The summed E-state index contributed by atoms with van der Waals surface area (Å²) in [5, 5.41) is 9.52. The van der Waals surface area contributed by atoms with E-state index in [1.807, 2.05) is 49.4 Å². The van der Waals surface area contributed by atoms with Gasteiger partial charge in [0.2, 0.25) is 5.91 Å². The van der Waals surface area contributed by atoms with Gasteiger partial charge in [-0.2, -0.15) is 0 Å². The summed E-state index contributed by atoms with van der Waals surface area (Å²) in [6.07, 6.45) is 0. The van der Waals surface area contributed by atoms with Crippen LogP contribution in [-0.2, 0) is 14.3 Å². The molecule has 0 aliphatic rings. The summed E-state index contributed by atoms with van der Waals surface area (Å²) in [5.41, 5.74) is 3.75. The van der Waals surface area contributed by atoms with Gasteiger partial charge in [0.15, 0.2) is 0 Å². The first kappa shape index (κ1) is 22.3. The fourth-order valence-corrected chi connectivity index (χ4v) is 3.16. The van der Waals surface area contributed by atoms with Gasteiger partial charge in [-0.25, -0.2) is 0 Å². The number of carbonyl (C=O) groups is 2. The minimum Gasteiger partial charge on any atom is -0.375 e. The van der Waals surface area contributed by atoms with Crippen LogP contribution in [0.4, 0.5) is 17.1 Å². The summed E-state index contributed by atoms with van der Waals surface area (Å²) in [4.78, 5) is 24.8. The Labute approximate surface area is 186 Å². The van der Waals surface area contributed by atoms with E-state index in [0.717, 1.165) is 16.8 Å². The molecule has 0 saturated carbocycles. The van der Waals surface area contributed by atoms with Crippen molar-refractivity contribution in [1.29, 1.82) is 0 Å². The number of halogens is 1. The van der Waals surface area contributed by atoms with Crippen molar-refractivity contribution >= 4 is 40.5 Å². The zero-order chi connectivity index (χ0) is 22.2. The SMILES string of the molecule is COCC(=O)Nc1ccc(NC(C(=O)Nc2ccc(C)c(Cl)c2)c2ccccc2)cc1. The highest BCUT2D eigenvalue weighted by molar-refractivity contribution is 6.31. The maximum Gasteiger partial charge on any atom is 0.251 e. The van der Waals surface area contributed by atoms with Crippen molar-refractivity contribution < 1.29 is 14.3 Å². The molecule has 7 heteroatoms. The number of aryl methyl sites for hydroxylation is 1. The first-order chi connectivity index (χ1) is 15.0. The number of amides is 2. The van der Waals surface area contributed by atoms with E-state index in [9.17, 15) is 9.59 Å². The molecule has 0 heterocycles. The lowest BCUT2D eigenvalue weighted by Crippen LogP contribution is -2.27. The lowest BCUT2D eigenvalue weighted by atomic mass is 10.1. The van der Waals surface area contributed by atoms with E-state index in [-0.39, 0.29) is 18.4 Å². The molecule has 3 aromatic rings. The Hall–Kier alpha value is -3.35. The molecule has 0 aromatic heterocycles. The average molecular weight is 438 g/mol. The number of rotatable bonds is 8. The zero-order valence-corrected chi connectivity index (χ0v) is 18.1. The molecular formula is C24H24ClN3O3. The van der Waals surface area contributed by atoms with Crippen molar-refractivity contribution in [3.8, 4) is 0 Å².